The maximum atomic E-state index is 12.2. The minimum atomic E-state index is -3.44. The van der Waals surface area contributed by atoms with Gasteiger partial charge in [-0.05, 0) is 12.8 Å². The number of alkyl halides is 2. The Hall–Kier alpha value is -0.230. The van der Waals surface area contributed by atoms with E-state index in [1.807, 2.05) is 0 Å². The van der Waals surface area contributed by atoms with Crippen LogP contribution in [0.4, 0.5) is 8.78 Å². The lowest BCUT2D eigenvalue weighted by atomic mass is 10.2. The van der Waals surface area contributed by atoms with Gasteiger partial charge in [0.1, 0.15) is 0 Å². The van der Waals surface area contributed by atoms with E-state index in [2.05, 4.69) is 0 Å². The third-order valence-corrected chi connectivity index (χ3v) is 3.27. The van der Waals surface area contributed by atoms with Crippen molar-refractivity contribution in [3.8, 4) is 0 Å². The lowest BCUT2D eigenvalue weighted by molar-refractivity contribution is 0.0787. The fourth-order valence-electron chi connectivity index (χ4n) is 1.43. The largest absolute Gasteiger partial charge is 0.254 e. The molecule has 6 heteroatoms. The molecule has 0 aromatic rings. The van der Waals surface area contributed by atoms with E-state index < -0.39 is 22.5 Å². The first kappa shape index (κ1) is 9.85. The average molecular weight is 199 g/mol. The van der Waals surface area contributed by atoms with Crippen molar-refractivity contribution >= 4 is 10.0 Å². The van der Waals surface area contributed by atoms with Crippen LogP contribution in [-0.2, 0) is 10.0 Å². The summed E-state index contributed by atoms with van der Waals surface area (Å²) in [4.78, 5) is 0. The third kappa shape index (κ3) is 1.92. The predicted molar refractivity (Wildman–Crippen MR) is 40.6 cm³/mol. The monoisotopic (exact) mass is 199 g/mol. The molecule has 1 fully saturated rings. The molecule has 1 aliphatic rings. The summed E-state index contributed by atoms with van der Waals surface area (Å²) in [6, 6.07) is -1.10. The Morgan fingerprint density at radius 2 is 2.08 bits per heavy atom. The molecule has 0 aromatic heterocycles. The molecule has 0 aliphatic carbocycles. The van der Waals surface area contributed by atoms with Crippen LogP contribution < -0.4 is 0 Å². The summed E-state index contributed by atoms with van der Waals surface area (Å²) >= 11 is 0. The van der Waals surface area contributed by atoms with E-state index in [9.17, 15) is 17.2 Å². The molecule has 1 heterocycles. The summed E-state index contributed by atoms with van der Waals surface area (Å²) in [5.74, 6) is 0. The molecule has 3 nitrogen and oxygen atoms in total. The second-order valence-corrected chi connectivity index (χ2v) is 4.85. The van der Waals surface area contributed by atoms with Gasteiger partial charge in [0.05, 0.1) is 12.3 Å². The van der Waals surface area contributed by atoms with Gasteiger partial charge < -0.3 is 0 Å². The van der Waals surface area contributed by atoms with Crippen molar-refractivity contribution in [2.75, 3.05) is 12.8 Å². The number of nitrogens with zero attached hydrogens (tertiary/aromatic N) is 1. The molecule has 0 radical (unpaired) electrons. The smallest absolute Gasteiger partial charge is 0.212 e. The van der Waals surface area contributed by atoms with Gasteiger partial charge in [-0.1, -0.05) is 0 Å². The number of halogens is 2. The van der Waals surface area contributed by atoms with E-state index in [0.29, 0.717) is 6.42 Å². The van der Waals surface area contributed by atoms with Crippen LogP contribution in [0.5, 0.6) is 0 Å². The van der Waals surface area contributed by atoms with Crippen molar-refractivity contribution < 1.29 is 17.2 Å². The van der Waals surface area contributed by atoms with Crippen molar-refractivity contribution in [3.63, 3.8) is 0 Å². The Balaban J connectivity index is 2.78. The van der Waals surface area contributed by atoms with Gasteiger partial charge in [-0.15, -0.1) is 0 Å². The molecular formula is C6H11F2NO2S. The summed E-state index contributed by atoms with van der Waals surface area (Å²) in [7, 11) is -3.44. The molecule has 1 aliphatic heterocycles. The third-order valence-electron chi connectivity index (χ3n) is 1.97. The summed E-state index contributed by atoms with van der Waals surface area (Å²) in [6.45, 7) is 0.230. The van der Waals surface area contributed by atoms with Gasteiger partial charge in [0.2, 0.25) is 10.0 Å². The fraction of sp³-hybridized carbons (Fsp3) is 1.00. The Kier molecular flexibility index (Phi) is 2.67. The first-order chi connectivity index (χ1) is 5.43. The van der Waals surface area contributed by atoms with E-state index in [1.165, 1.54) is 0 Å². The summed E-state index contributed by atoms with van der Waals surface area (Å²) in [6.07, 6.45) is -0.803. The molecule has 0 aromatic carbocycles. The fourth-order valence-corrected chi connectivity index (χ4v) is 2.58. The topological polar surface area (TPSA) is 37.4 Å². The maximum absolute atomic E-state index is 12.2. The van der Waals surface area contributed by atoms with Gasteiger partial charge in [0.25, 0.3) is 6.43 Å². The van der Waals surface area contributed by atoms with Crippen LogP contribution in [0.3, 0.4) is 0 Å². The lowest BCUT2D eigenvalue weighted by Gasteiger charge is -2.20. The van der Waals surface area contributed by atoms with Crippen LogP contribution in [-0.4, -0.2) is 38.0 Å². The van der Waals surface area contributed by atoms with Gasteiger partial charge >= 0.3 is 0 Å². The molecule has 0 amide bonds. The Bertz CT molecular complexity index is 252. The molecule has 12 heavy (non-hydrogen) atoms. The van der Waals surface area contributed by atoms with Crippen LogP contribution in [0, 0.1) is 0 Å². The quantitative estimate of drug-likeness (QED) is 0.655. The first-order valence-electron chi connectivity index (χ1n) is 3.68. The highest BCUT2D eigenvalue weighted by Gasteiger charge is 2.37. The summed E-state index contributed by atoms with van der Waals surface area (Å²) in [5, 5.41) is 0. The van der Waals surface area contributed by atoms with E-state index in [4.69, 9.17) is 0 Å². The van der Waals surface area contributed by atoms with Gasteiger partial charge in [-0.25, -0.2) is 17.2 Å². The normalized spacial score (nSPS) is 26.8. The van der Waals surface area contributed by atoms with Crippen LogP contribution in [0.15, 0.2) is 0 Å². The van der Waals surface area contributed by atoms with E-state index in [1.54, 1.807) is 0 Å². The average Bonchev–Trinajstić information content (AvgIpc) is 2.30. The van der Waals surface area contributed by atoms with Crippen molar-refractivity contribution in [3.05, 3.63) is 0 Å². The highest BCUT2D eigenvalue weighted by Crippen LogP contribution is 2.24. The molecule has 0 saturated carbocycles. The first-order valence-corrected chi connectivity index (χ1v) is 5.52. The zero-order chi connectivity index (χ0) is 9.35. The minimum absolute atomic E-state index is 0.230. The van der Waals surface area contributed by atoms with E-state index in [-0.39, 0.29) is 13.0 Å². The molecule has 1 saturated heterocycles. The zero-order valence-corrected chi connectivity index (χ0v) is 7.52. The highest BCUT2D eigenvalue weighted by molar-refractivity contribution is 7.88. The molecule has 0 bridgehead atoms. The minimum Gasteiger partial charge on any atom is -0.212 e. The molecule has 0 spiro atoms. The standard InChI is InChI=1S/C6H11F2NO2S/c1-12(10,11)9-4-2-3-5(9)6(7)8/h5-6H,2-4H2,1H3/t5-/m1/s1. The Labute approximate surface area is 70.4 Å². The number of hydrogen-bond acceptors (Lipinski definition) is 2. The van der Waals surface area contributed by atoms with Crippen molar-refractivity contribution in [1.82, 2.24) is 4.31 Å². The lowest BCUT2D eigenvalue weighted by Crippen LogP contribution is -2.38. The van der Waals surface area contributed by atoms with E-state index in [0.717, 1.165) is 10.6 Å². The Morgan fingerprint density at radius 1 is 1.50 bits per heavy atom. The van der Waals surface area contributed by atoms with Crippen LogP contribution >= 0.6 is 0 Å². The van der Waals surface area contributed by atoms with E-state index >= 15 is 0 Å². The molecular weight excluding hydrogens is 188 g/mol. The van der Waals surface area contributed by atoms with Crippen LogP contribution in [0.2, 0.25) is 0 Å². The van der Waals surface area contributed by atoms with Gasteiger partial charge in [0.15, 0.2) is 0 Å². The predicted octanol–water partition coefficient (Wildman–Crippen LogP) is 0.675. The van der Waals surface area contributed by atoms with Crippen LogP contribution in [0.25, 0.3) is 0 Å². The summed E-state index contributed by atoms with van der Waals surface area (Å²) < 4.78 is 47.2. The molecule has 1 atom stereocenters. The summed E-state index contributed by atoms with van der Waals surface area (Å²) in [5.41, 5.74) is 0. The second kappa shape index (κ2) is 3.26. The molecule has 1 rings (SSSR count). The van der Waals surface area contributed by atoms with Gasteiger partial charge in [0, 0.05) is 6.54 Å². The van der Waals surface area contributed by atoms with Crippen molar-refractivity contribution in [2.24, 2.45) is 0 Å². The number of rotatable bonds is 2. The zero-order valence-electron chi connectivity index (χ0n) is 6.70. The van der Waals surface area contributed by atoms with Crippen molar-refractivity contribution in [2.45, 2.75) is 25.3 Å². The maximum Gasteiger partial charge on any atom is 0.254 e. The second-order valence-electron chi connectivity index (χ2n) is 2.92. The number of hydrogen-bond donors (Lipinski definition) is 0. The van der Waals surface area contributed by atoms with Crippen molar-refractivity contribution in [1.29, 1.82) is 0 Å². The molecule has 0 unspecified atom stereocenters. The number of sulfonamides is 1. The Morgan fingerprint density at radius 3 is 2.42 bits per heavy atom. The van der Waals surface area contributed by atoms with Gasteiger partial charge in [-0.3, -0.25) is 0 Å². The molecule has 0 N–H and O–H groups in total. The molecule has 72 valence electrons. The van der Waals surface area contributed by atoms with Gasteiger partial charge in [-0.2, -0.15) is 4.31 Å². The van der Waals surface area contributed by atoms with Crippen LogP contribution in [0.1, 0.15) is 12.8 Å². The highest BCUT2D eigenvalue weighted by atomic mass is 32.2. The SMILES string of the molecule is CS(=O)(=O)N1CCC[C@@H]1C(F)F.